The van der Waals surface area contributed by atoms with Crippen LogP contribution in [0.1, 0.15) is 18.5 Å². The lowest BCUT2D eigenvalue weighted by molar-refractivity contribution is 0.262. The highest BCUT2D eigenvalue weighted by Crippen LogP contribution is 2.23. The van der Waals surface area contributed by atoms with Crippen LogP contribution in [0.15, 0.2) is 34.2 Å². The number of nitrogens with one attached hydrogen (secondary N) is 2. The van der Waals surface area contributed by atoms with Gasteiger partial charge in [0.15, 0.2) is 5.13 Å². The highest BCUT2D eigenvalue weighted by molar-refractivity contribution is 9.11. The largest absolute Gasteiger partial charge is 0.325 e. The molecular weight excluding hydrogens is 328 g/mol. The lowest BCUT2D eigenvalue weighted by atomic mass is 10.1. The first-order chi connectivity index (χ1) is 9.04. The van der Waals surface area contributed by atoms with Crippen molar-refractivity contribution in [3.63, 3.8) is 0 Å². The lowest BCUT2D eigenvalue weighted by Crippen LogP contribution is -2.19. The maximum absolute atomic E-state index is 11.7. The molecule has 100 valence electrons. The number of rotatable bonds is 3. The van der Waals surface area contributed by atoms with Crippen molar-refractivity contribution in [3.8, 4) is 0 Å². The van der Waals surface area contributed by atoms with E-state index in [9.17, 15) is 4.79 Å². The highest BCUT2D eigenvalue weighted by Gasteiger charge is 2.06. The molecule has 7 heteroatoms. The number of hydrogen-bond donors (Lipinski definition) is 3. The topological polar surface area (TPSA) is 80.0 Å². The fraction of sp³-hybridized carbons (Fsp3) is 0.167. The van der Waals surface area contributed by atoms with E-state index in [2.05, 4.69) is 31.5 Å². The number of benzene rings is 1. The molecule has 4 N–H and O–H groups in total. The fourth-order valence-corrected chi connectivity index (χ4v) is 2.54. The van der Waals surface area contributed by atoms with E-state index in [1.54, 1.807) is 6.20 Å². The van der Waals surface area contributed by atoms with Gasteiger partial charge in [0, 0.05) is 11.7 Å². The number of anilines is 2. The predicted molar refractivity (Wildman–Crippen MR) is 81.5 cm³/mol. The van der Waals surface area contributed by atoms with Crippen molar-refractivity contribution in [1.29, 1.82) is 0 Å². The van der Waals surface area contributed by atoms with E-state index in [0.717, 1.165) is 9.35 Å². The molecule has 0 saturated heterocycles. The van der Waals surface area contributed by atoms with Crippen LogP contribution in [0.25, 0.3) is 0 Å². The number of carbonyl (C=O) groups is 1. The van der Waals surface area contributed by atoms with Crippen molar-refractivity contribution in [2.45, 2.75) is 13.0 Å². The Morgan fingerprint density at radius 2 is 2.05 bits per heavy atom. The Morgan fingerprint density at radius 1 is 1.37 bits per heavy atom. The van der Waals surface area contributed by atoms with E-state index in [-0.39, 0.29) is 12.1 Å². The molecule has 0 bridgehead atoms. The van der Waals surface area contributed by atoms with E-state index in [1.807, 2.05) is 31.2 Å². The number of urea groups is 1. The van der Waals surface area contributed by atoms with Gasteiger partial charge in [-0.2, -0.15) is 0 Å². The summed E-state index contributed by atoms with van der Waals surface area (Å²) in [5, 5.41) is 5.92. The van der Waals surface area contributed by atoms with Crippen molar-refractivity contribution in [2.24, 2.45) is 5.73 Å². The van der Waals surface area contributed by atoms with E-state index < -0.39 is 0 Å². The van der Waals surface area contributed by atoms with Crippen LogP contribution in [-0.2, 0) is 0 Å². The number of nitrogens with two attached hydrogens (primary N) is 1. The molecule has 0 aliphatic carbocycles. The molecule has 1 aromatic heterocycles. The molecule has 1 atom stereocenters. The summed E-state index contributed by atoms with van der Waals surface area (Å²) in [7, 11) is 0. The Hall–Kier alpha value is -1.44. The SMILES string of the molecule is CC(N)c1ccc(NC(=O)Nc2ncc(Br)s2)cc1. The van der Waals surface area contributed by atoms with Gasteiger partial charge in [-0.25, -0.2) is 9.78 Å². The molecule has 0 saturated carbocycles. The number of thiazole rings is 1. The standard InChI is InChI=1S/C12H13BrN4OS/c1-7(14)8-2-4-9(5-3-8)16-11(18)17-12-15-6-10(13)19-12/h2-7H,14H2,1H3,(H2,15,16,17,18). The maximum Gasteiger partial charge on any atom is 0.325 e. The van der Waals surface area contributed by atoms with Gasteiger partial charge >= 0.3 is 6.03 Å². The average molecular weight is 341 g/mol. The van der Waals surface area contributed by atoms with Crippen LogP contribution in [0.5, 0.6) is 0 Å². The van der Waals surface area contributed by atoms with Gasteiger partial charge in [0.2, 0.25) is 0 Å². The minimum atomic E-state index is -0.324. The van der Waals surface area contributed by atoms with Crippen molar-refractivity contribution < 1.29 is 4.79 Å². The maximum atomic E-state index is 11.7. The second-order valence-corrected chi connectivity index (χ2v) is 6.37. The lowest BCUT2D eigenvalue weighted by Gasteiger charge is -2.08. The summed E-state index contributed by atoms with van der Waals surface area (Å²) in [5.74, 6) is 0. The van der Waals surface area contributed by atoms with Gasteiger partial charge in [0.05, 0.1) is 9.98 Å². The van der Waals surface area contributed by atoms with Crippen LogP contribution in [0.4, 0.5) is 15.6 Å². The van der Waals surface area contributed by atoms with Crippen LogP contribution in [-0.4, -0.2) is 11.0 Å². The molecule has 1 aromatic carbocycles. The van der Waals surface area contributed by atoms with Gasteiger partial charge in [0.25, 0.3) is 0 Å². The van der Waals surface area contributed by atoms with Gasteiger partial charge < -0.3 is 11.1 Å². The Kier molecular flexibility index (Phi) is 4.52. The number of hydrogen-bond acceptors (Lipinski definition) is 4. The van der Waals surface area contributed by atoms with Crippen molar-refractivity contribution >= 4 is 44.1 Å². The normalized spacial score (nSPS) is 11.9. The smallest absolute Gasteiger partial charge is 0.324 e. The van der Waals surface area contributed by atoms with Gasteiger partial charge in [-0.1, -0.05) is 23.5 Å². The number of nitrogens with zero attached hydrogens (tertiary/aromatic N) is 1. The summed E-state index contributed by atoms with van der Waals surface area (Å²) in [4.78, 5) is 15.7. The number of carbonyl (C=O) groups excluding carboxylic acids is 1. The first kappa shape index (κ1) is 14.0. The third-order valence-electron chi connectivity index (χ3n) is 2.39. The molecule has 0 fully saturated rings. The van der Waals surface area contributed by atoms with E-state index >= 15 is 0 Å². The van der Waals surface area contributed by atoms with E-state index in [4.69, 9.17) is 5.73 Å². The van der Waals surface area contributed by atoms with E-state index in [0.29, 0.717) is 10.8 Å². The van der Waals surface area contributed by atoms with Crippen LogP contribution in [0.2, 0.25) is 0 Å². The van der Waals surface area contributed by atoms with Gasteiger partial charge in [0.1, 0.15) is 0 Å². The number of halogens is 1. The Morgan fingerprint density at radius 3 is 2.58 bits per heavy atom. The number of amides is 2. The van der Waals surface area contributed by atoms with Gasteiger partial charge in [-0.15, -0.1) is 0 Å². The third kappa shape index (κ3) is 4.02. The van der Waals surface area contributed by atoms with Crippen molar-refractivity contribution in [2.75, 3.05) is 10.6 Å². The van der Waals surface area contributed by atoms with Crippen LogP contribution >= 0.6 is 27.3 Å². The minimum absolute atomic E-state index is 0.0180. The summed E-state index contributed by atoms with van der Waals surface area (Å²) in [6, 6.07) is 7.07. The summed E-state index contributed by atoms with van der Waals surface area (Å²) in [6.07, 6.45) is 1.64. The molecule has 0 radical (unpaired) electrons. The van der Waals surface area contributed by atoms with Crippen LogP contribution < -0.4 is 16.4 Å². The van der Waals surface area contributed by atoms with Crippen LogP contribution in [0.3, 0.4) is 0 Å². The Balaban J connectivity index is 1.95. The zero-order valence-electron chi connectivity index (χ0n) is 10.2. The predicted octanol–water partition coefficient (Wildman–Crippen LogP) is 3.57. The second-order valence-electron chi connectivity index (χ2n) is 3.96. The molecule has 0 aliphatic heterocycles. The molecule has 0 aliphatic rings. The summed E-state index contributed by atoms with van der Waals surface area (Å²) < 4.78 is 0.865. The second kappa shape index (κ2) is 6.14. The molecule has 2 aromatic rings. The van der Waals surface area contributed by atoms with Gasteiger partial charge in [-0.3, -0.25) is 5.32 Å². The molecule has 2 rings (SSSR count). The quantitative estimate of drug-likeness (QED) is 0.798. The molecular formula is C12H13BrN4OS. The fourth-order valence-electron chi connectivity index (χ4n) is 1.44. The van der Waals surface area contributed by atoms with Crippen LogP contribution in [0, 0.1) is 0 Å². The average Bonchev–Trinajstić information content (AvgIpc) is 2.75. The zero-order valence-corrected chi connectivity index (χ0v) is 12.6. The van der Waals surface area contributed by atoms with Crippen molar-refractivity contribution in [1.82, 2.24) is 4.98 Å². The summed E-state index contributed by atoms with van der Waals surface area (Å²) >= 11 is 4.63. The number of aromatic nitrogens is 1. The molecule has 0 spiro atoms. The van der Waals surface area contributed by atoms with E-state index in [1.165, 1.54) is 11.3 Å². The molecule has 1 unspecified atom stereocenters. The minimum Gasteiger partial charge on any atom is -0.324 e. The zero-order chi connectivity index (χ0) is 13.8. The molecule has 1 heterocycles. The Labute approximate surface area is 123 Å². The van der Waals surface area contributed by atoms with Crippen molar-refractivity contribution in [3.05, 3.63) is 39.8 Å². The highest BCUT2D eigenvalue weighted by atomic mass is 79.9. The Bertz CT molecular complexity index is 567. The van der Waals surface area contributed by atoms with Gasteiger partial charge in [-0.05, 0) is 40.5 Å². The third-order valence-corrected chi connectivity index (χ3v) is 3.78. The molecule has 5 nitrogen and oxygen atoms in total. The molecule has 2 amide bonds. The molecule has 19 heavy (non-hydrogen) atoms. The summed E-state index contributed by atoms with van der Waals surface area (Å²) in [6.45, 7) is 1.91. The summed E-state index contributed by atoms with van der Waals surface area (Å²) in [5.41, 5.74) is 7.49. The first-order valence-corrected chi connectivity index (χ1v) is 7.20. The monoisotopic (exact) mass is 340 g/mol. The first-order valence-electron chi connectivity index (χ1n) is 5.59.